The van der Waals surface area contributed by atoms with Crippen LogP contribution in [0.2, 0.25) is 0 Å². The SMILES string of the molecule is COc1ccc(CNCCCNC(C)C)c(OC)c1OC. The third kappa shape index (κ3) is 5.44. The lowest BCUT2D eigenvalue weighted by atomic mass is 10.1. The molecule has 0 bridgehead atoms. The molecule has 1 rings (SSSR count). The zero-order valence-electron chi connectivity index (χ0n) is 13.8. The predicted molar refractivity (Wildman–Crippen MR) is 85.6 cm³/mol. The van der Waals surface area contributed by atoms with Gasteiger partial charge >= 0.3 is 0 Å². The molecule has 0 heterocycles. The van der Waals surface area contributed by atoms with Crippen molar-refractivity contribution in [3.8, 4) is 17.2 Å². The largest absolute Gasteiger partial charge is 0.493 e. The molecule has 0 aliphatic heterocycles. The molecular weight excluding hydrogens is 268 g/mol. The molecular formula is C16H28N2O3. The second kappa shape index (κ2) is 9.47. The first-order valence-corrected chi connectivity index (χ1v) is 7.36. The third-order valence-electron chi connectivity index (χ3n) is 3.18. The number of rotatable bonds is 10. The van der Waals surface area contributed by atoms with E-state index in [4.69, 9.17) is 14.2 Å². The molecule has 5 heteroatoms. The van der Waals surface area contributed by atoms with Crippen LogP contribution >= 0.6 is 0 Å². The fourth-order valence-electron chi connectivity index (χ4n) is 2.13. The number of ether oxygens (including phenoxy) is 3. The van der Waals surface area contributed by atoms with Gasteiger partial charge < -0.3 is 24.8 Å². The number of benzene rings is 1. The molecule has 0 spiro atoms. The molecule has 0 aliphatic carbocycles. The van der Waals surface area contributed by atoms with Gasteiger partial charge in [0.05, 0.1) is 21.3 Å². The van der Waals surface area contributed by atoms with E-state index in [1.807, 2.05) is 12.1 Å². The Morgan fingerprint density at radius 1 is 0.952 bits per heavy atom. The number of nitrogens with one attached hydrogen (secondary N) is 2. The Balaban J connectivity index is 2.55. The highest BCUT2D eigenvalue weighted by molar-refractivity contribution is 5.55. The molecule has 1 aromatic rings. The summed E-state index contributed by atoms with van der Waals surface area (Å²) >= 11 is 0. The predicted octanol–water partition coefficient (Wildman–Crippen LogP) is 2.19. The van der Waals surface area contributed by atoms with E-state index in [1.54, 1.807) is 21.3 Å². The van der Waals surface area contributed by atoms with Crippen LogP contribution in [0.3, 0.4) is 0 Å². The minimum absolute atomic E-state index is 0.538. The zero-order valence-corrected chi connectivity index (χ0v) is 13.8. The van der Waals surface area contributed by atoms with Crippen LogP contribution in [-0.4, -0.2) is 40.5 Å². The summed E-state index contributed by atoms with van der Waals surface area (Å²) in [5.41, 5.74) is 1.06. The summed E-state index contributed by atoms with van der Waals surface area (Å²) in [6.45, 7) is 7.03. The third-order valence-corrected chi connectivity index (χ3v) is 3.18. The van der Waals surface area contributed by atoms with E-state index in [-0.39, 0.29) is 0 Å². The van der Waals surface area contributed by atoms with Crippen molar-refractivity contribution in [2.75, 3.05) is 34.4 Å². The van der Waals surface area contributed by atoms with Gasteiger partial charge in [0.15, 0.2) is 11.5 Å². The zero-order chi connectivity index (χ0) is 15.7. The summed E-state index contributed by atoms with van der Waals surface area (Å²) in [6.07, 6.45) is 1.09. The molecule has 120 valence electrons. The van der Waals surface area contributed by atoms with Crippen molar-refractivity contribution in [1.29, 1.82) is 0 Å². The highest BCUT2D eigenvalue weighted by Crippen LogP contribution is 2.39. The van der Waals surface area contributed by atoms with Crippen LogP contribution in [0, 0.1) is 0 Å². The van der Waals surface area contributed by atoms with Crippen molar-refractivity contribution in [3.63, 3.8) is 0 Å². The highest BCUT2D eigenvalue weighted by atomic mass is 16.5. The molecule has 0 aliphatic rings. The molecule has 0 amide bonds. The first-order chi connectivity index (χ1) is 10.1. The Hall–Kier alpha value is -1.46. The molecule has 21 heavy (non-hydrogen) atoms. The van der Waals surface area contributed by atoms with Gasteiger partial charge in [-0.05, 0) is 25.6 Å². The molecule has 0 unspecified atom stereocenters. The van der Waals surface area contributed by atoms with Crippen LogP contribution < -0.4 is 24.8 Å². The lowest BCUT2D eigenvalue weighted by molar-refractivity contribution is 0.321. The fourth-order valence-corrected chi connectivity index (χ4v) is 2.13. The summed E-state index contributed by atoms with van der Waals surface area (Å²) < 4.78 is 16.1. The van der Waals surface area contributed by atoms with Crippen molar-refractivity contribution in [1.82, 2.24) is 10.6 Å². The maximum atomic E-state index is 5.46. The number of hydrogen-bond donors (Lipinski definition) is 2. The van der Waals surface area contributed by atoms with E-state index in [0.29, 0.717) is 17.5 Å². The van der Waals surface area contributed by atoms with Crippen molar-refractivity contribution in [2.45, 2.75) is 32.9 Å². The molecule has 1 aromatic carbocycles. The van der Waals surface area contributed by atoms with Gasteiger partial charge in [0.1, 0.15) is 0 Å². The van der Waals surface area contributed by atoms with Crippen LogP contribution in [0.15, 0.2) is 12.1 Å². The molecule has 0 saturated carbocycles. The minimum atomic E-state index is 0.538. The van der Waals surface area contributed by atoms with Crippen LogP contribution in [-0.2, 0) is 6.54 Å². The van der Waals surface area contributed by atoms with Gasteiger partial charge in [-0.2, -0.15) is 0 Å². The Kier molecular flexibility index (Phi) is 7.93. The summed E-state index contributed by atoms with van der Waals surface area (Å²) in [6, 6.07) is 4.44. The Bertz CT molecular complexity index is 422. The van der Waals surface area contributed by atoms with Crippen molar-refractivity contribution in [3.05, 3.63) is 17.7 Å². The smallest absolute Gasteiger partial charge is 0.203 e. The molecule has 0 radical (unpaired) electrons. The van der Waals surface area contributed by atoms with Crippen molar-refractivity contribution in [2.24, 2.45) is 0 Å². The van der Waals surface area contributed by atoms with E-state index in [9.17, 15) is 0 Å². The molecule has 0 saturated heterocycles. The summed E-state index contributed by atoms with van der Waals surface area (Å²) in [5, 5.41) is 6.82. The van der Waals surface area contributed by atoms with Crippen molar-refractivity contribution < 1.29 is 14.2 Å². The van der Waals surface area contributed by atoms with E-state index in [2.05, 4.69) is 24.5 Å². The normalized spacial score (nSPS) is 10.8. The van der Waals surface area contributed by atoms with E-state index < -0.39 is 0 Å². The lowest BCUT2D eigenvalue weighted by Crippen LogP contribution is -2.26. The van der Waals surface area contributed by atoms with E-state index in [1.165, 1.54) is 0 Å². The molecule has 0 atom stereocenters. The van der Waals surface area contributed by atoms with Gasteiger partial charge in [0.25, 0.3) is 0 Å². The molecule has 2 N–H and O–H groups in total. The monoisotopic (exact) mass is 296 g/mol. The van der Waals surface area contributed by atoms with Gasteiger partial charge in [-0.3, -0.25) is 0 Å². The van der Waals surface area contributed by atoms with E-state index in [0.717, 1.165) is 37.4 Å². The molecule has 0 fully saturated rings. The standard InChI is InChI=1S/C16H28N2O3/c1-12(2)18-10-6-9-17-11-13-7-8-14(19-3)16(21-5)15(13)20-4/h7-8,12,17-18H,6,9-11H2,1-5H3. The lowest BCUT2D eigenvalue weighted by Gasteiger charge is -2.16. The maximum Gasteiger partial charge on any atom is 0.203 e. The van der Waals surface area contributed by atoms with Crippen LogP contribution in [0.5, 0.6) is 17.2 Å². The Morgan fingerprint density at radius 3 is 2.24 bits per heavy atom. The van der Waals surface area contributed by atoms with Gasteiger partial charge in [-0.15, -0.1) is 0 Å². The van der Waals surface area contributed by atoms with E-state index >= 15 is 0 Å². The summed E-state index contributed by atoms with van der Waals surface area (Å²) in [7, 11) is 4.89. The second-order valence-electron chi connectivity index (χ2n) is 5.13. The van der Waals surface area contributed by atoms with Gasteiger partial charge in [-0.25, -0.2) is 0 Å². The first-order valence-electron chi connectivity index (χ1n) is 7.36. The van der Waals surface area contributed by atoms with Gasteiger partial charge in [-0.1, -0.05) is 19.9 Å². The van der Waals surface area contributed by atoms with Crippen molar-refractivity contribution >= 4 is 0 Å². The molecule has 0 aromatic heterocycles. The average molecular weight is 296 g/mol. The summed E-state index contributed by atoms with van der Waals surface area (Å²) in [5.74, 6) is 2.05. The quantitative estimate of drug-likeness (QED) is 0.648. The van der Waals surface area contributed by atoms with Crippen LogP contribution in [0.1, 0.15) is 25.8 Å². The molecule has 5 nitrogen and oxygen atoms in total. The Labute approximate surface area is 128 Å². The van der Waals surface area contributed by atoms with Crippen LogP contribution in [0.4, 0.5) is 0 Å². The Morgan fingerprint density at radius 2 is 1.67 bits per heavy atom. The van der Waals surface area contributed by atoms with Gasteiger partial charge in [0, 0.05) is 18.2 Å². The van der Waals surface area contributed by atoms with Gasteiger partial charge in [0.2, 0.25) is 5.75 Å². The average Bonchev–Trinajstić information content (AvgIpc) is 2.49. The minimum Gasteiger partial charge on any atom is -0.493 e. The topological polar surface area (TPSA) is 51.8 Å². The van der Waals surface area contributed by atoms with Crippen LogP contribution in [0.25, 0.3) is 0 Å². The fraction of sp³-hybridized carbons (Fsp3) is 0.625. The summed E-state index contributed by atoms with van der Waals surface area (Å²) in [4.78, 5) is 0. The number of methoxy groups -OCH3 is 3. The maximum absolute atomic E-state index is 5.46. The highest BCUT2D eigenvalue weighted by Gasteiger charge is 2.15. The second-order valence-corrected chi connectivity index (χ2v) is 5.13. The number of hydrogen-bond acceptors (Lipinski definition) is 5. The first kappa shape index (κ1) is 17.6.